The van der Waals surface area contributed by atoms with Gasteiger partial charge >= 0.3 is 11.9 Å². The number of carbonyl (C=O) groups is 3. The monoisotopic (exact) mass is 781 g/mol. The molecule has 0 aliphatic rings. The van der Waals surface area contributed by atoms with Crippen LogP contribution in [0.15, 0.2) is 86.8 Å². The number of methoxy groups -OCH3 is 1. The highest BCUT2D eigenvalue weighted by Gasteiger charge is 2.22. The van der Waals surface area contributed by atoms with Crippen LogP contribution in [0, 0.1) is 0 Å². The van der Waals surface area contributed by atoms with Crippen molar-refractivity contribution in [2.45, 2.75) is 13.8 Å². The summed E-state index contributed by atoms with van der Waals surface area (Å²) in [6.45, 7) is 3.64. The zero-order chi connectivity index (χ0) is 33.7. The lowest BCUT2D eigenvalue weighted by Gasteiger charge is -2.12. The first kappa shape index (κ1) is 33.7. The Labute approximate surface area is 291 Å². The first-order chi connectivity index (χ1) is 22.6. The first-order valence-corrected chi connectivity index (χ1v) is 16.0. The second-order valence-electron chi connectivity index (χ2n) is 9.85. The number of fused-ring (bicyclic) bond motifs is 1. The fourth-order valence-corrected chi connectivity index (χ4v) is 6.30. The molecule has 5 rings (SSSR count). The molecular formula is C34H26Br2ClN3O7. The van der Waals surface area contributed by atoms with Gasteiger partial charge in [0.15, 0.2) is 17.2 Å². The summed E-state index contributed by atoms with van der Waals surface area (Å²) < 4.78 is 22.9. The van der Waals surface area contributed by atoms with Crippen molar-refractivity contribution in [1.29, 1.82) is 0 Å². The first-order valence-electron chi connectivity index (χ1n) is 14.0. The Kier molecular flexibility index (Phi) is 10.6. The van der Waals surface area contributed by atoms with Crippen LogP contribution in [0.3, 0.4) is 0 Å². The van der Waals surface area contributed by atoms with Gasteiger partial charge in [0.25, 0.3) is 5.91 Å². The van der Waals surface area contributed by atoms with Crippen molar-refractivity contribution in [3.05, 3.63) is 104 Å². The van der Waals surface area contributed by atoms with Gasteiger partial charge < -0.3 is 23.9 Å². The number of rotatable bonds is 10. The van der Waals surface area contributed by atoms with E-state index < -0.39 is 17.8 Å². The standard InChI is InChI=1S/C34H26Br2ClN3O7/c1-4-45-22-10-11-27-24(16-22)30(23-7-5-6-8-26(23)37)31(39-27)33(42)40-38-17-20-13-21(35)15-25(36)32(20)47-34(43)19-9-12-28(46-18(2)41)29(14-19)44-3/h5-17,39H,4H2,1-3H3,(H,40,42). The number of hydrogen-bond donors (Lipinski definition) is 2. The van der Waals surface area contributed by atoms with Gasteiger partial charge in [-0.2, -0.15) is 5.10 Å². The Morgan fingerprint density at radius 1 is 0.979 bits per heavy atom. The number of ether oxygens (including phenoxy) is 4. The van der Waals surface area contributed by atoms with Crippen LogP contribution in [0.25, 0.3) is 22.0 Å². The Balaban J connectivity index is 1.44. The topological polar surface area (TPSA) is 128 Å². The molecule has 13 heteroatoms. The molecule has 0 saturated heterocycles. The van der Waals surface area contributed by atoms with Crippen LogP contribution in [0.1, 0.15) is 40.3 Å². The summed E-state index contributed by atoms with van der Waals surface area (Å²) in [5.41, 5.74) is 5.27. The SMILES string of the molecule is CCOc1ccc2[nH]c(C(=O)NN=Cc3cc(Br)cc(Br)c3OC(=O)c3ccc(OC(C)=O)c(OC)c3)c(-c3ccccc3Cl)c2c1. The van der Waals surface area contributed by atoms with Crippen molar-refractivity contribution >= 4 is 78.4 Å². The van der Waals surface area contributed by atoms with Crippen molar-refractivity contribution < 1.29 is 33.3 Å². The number of benzene rings is 4. The van der Waals surface area contributed by atoms with Gasteiger partial charge in [-0.25, -0.2) is 10.2 Å². The van der Waals surface area contributed by atoms with Crippen molar-refractivity contribution in [2.75, 3.05) is 13.7 Å². The second kappa shape index (κ2) is 14.8. The normalized spacial score (nSPS) is 11.0. The highest BCUT2D eigenvalue weighted by Crippen LogP contribution is 2.38. The summed E-state index contributed by atoms with van der Waals surface area (Å²) in [6, 6.07) is 20.4. The van der Waals surface area contributed by atoms with E-state index in [1.165, 1.54) is 38.4 Å². The van der Waals surface area contributed by atoms with Gasteiger partial charge in [-0.1, -0.05) is 45.7 Å². The number of aromatic nitrogens is 1. The third-order valence-corrected chi connectivity index (χ3v) is 8.08. The summed E-state index contributed by atoms with van der Waals surface area (Å²) in [4.78, 5) is 41.3. The summed E-state index contributed by atoms with van der Waals surface area (Å²) >= 11 is 13.4. The maximum absolute atomic E-state index is 13.6. The quantitative estimate of drug-likeness (QED) is 0.0631. The zero-order valence-electron chi connectivity index (χ0n) is 25.2. The van der Waals surface area contributed by atoms with Gasteiger partial charge in [0, 0.05) is 44.0 Å². The second-order valence-corrected chi connectivity index (χ2v) is 12.0. The number of amides is 1. The molecular weight excluding hydrogens is 758 g/mol. The number of nitrogens with zero attached hydrogens (tertiary/aromatic N) is 1. The molecule has 0 atom stereocenters. The number of H-pyrrole nitrogens is 1. The summed E-state index contributed by atoms with van der Waals surface area (Å²) in [5.74, 6) is -0.646. The van der Waals surface area contributed by atoms with Crippen LogP contribution in [0.4, 0.5) is 0 Å². The highest BCUT2D eigenvalue weighted by atomic mass is 79.9. The molecule has 0 radical (unpaired) electrons. The summed E-state index contributed by atoms with van der Waals surface area (Å²) in [5, 5.41) is 5.40. The number of halogens is 3. The van der Waals surface area contributed by atoms with Crippen molar-refractivity contribution in [2.24, 2.45) is 5.10 Å². The maximum Gasteiger partial charge on any atom is 0.343 e. The molecule has 0 unspecified atom stereocenters. The Hall–Kier alpha value is -4.65. The third-order valence-electron chi connectivity index (χ3n) is 6.71. The van der Waals surface area contributed by atoms with E-state index in [0.717, 1.165) is 5.39 Å². The van der Waals surface area contributed by atoms with E-state index in [1.54, 1.807) is 18.2 Å². The molecule has 0 fully saturated rings. The minimum atomic E-state index is -0.715. The lowest BCUT2D eigenvalue weighted by atomic mass is 10.0. The van der Waals surface area contributed by atoms with E-state index in [0.29, 0.717) is 48.5 Å². The molecule has 1 heterocycles. The van der Waals surface area contributed by atoms with Gasteiger partial charge in [0.2, 0.25) is 0 Å². The van der Waals surface area contributed by atoms with E-state index in [1.807, 2.05) is 43.3 Å². The van der Waals surface area contributed by atoms with Gasteiger partial charge in [0.1, 0.15) is 11.4 Å². The number of hydrazone groups is 1. The Morgan fingerprint density at radius 3 is 2.49 bits per heavy atom. The molecule has 0 saturated carbocycles. The van der Waals surface area contributed by atoms with E-state index in [2.05, 4.69) is 47.4 Å². The van der Waals surface area contributed by atoms with Gasteiger partial charge in [-0.15, -0.1) is 0 Å². The number of carbonyl (C=O) groups excluding carboxylic acids is 3. The molecule has 2 N–H and O–H groups in total. The number of hydrogen-bond acceptors (Lipinski definition) is 8. The van der Waals surface area contributed by atoms with Crippen LogP contribution in [0.5, 0.6) is 23.0 Å². The van der Waals surface area contributed by atoms with Crippen molar-refractivity contribution in [3.8, 4) is 34.1 Å². The van der Waals surface area contributed by atoms with E-state index in [-0.39, 0.29) is 28.5 Å². The maximum atomic E-state index is 13.6. The van der Waals surface area contributed by atoms with Crippen molar-refractivity contribution in [3.63, 3.8) is 0 Å². The van der Waals surface area contributed by atoms with Crippen LogP contribution < -0.4 is 24.4 Å². The molecule has 4 aromatic carbocycles. The fraction of sp³-hybridized carbons (Fsp3) is 0.118. The number of esters is 2. The average molecular weight is 784 g/mol. The Morgan fingerprint density at radius 2 is 1.77 bits per heavy atom. The van der Waals surface area contributed by atoms with Crippen molar-refractivity contribution in [1.82, 2.24) is 10.4 Å². The van der Waals surface area contributed by atoms with E-state index >= 15 is 0 Å². The smallest absolute Gasteiger partial charge is 0.343 e. The number of nitrogens with one attached hydrogen (secondary N) is 2. The molecule has 0 aliphatic heterocycles. The molecule has 1 amide bonds. The zero-order valence-corrected chi connectivity index (χ0v) is 29.1. The molecule has 47 heavy (non-hydrogen) atoms. The lowest BCUT2D eigenvalue weighted by molar-refractivity contribution is -0.132. The summed E-state index contributed by atoms with van der Waals surface area (Å²) in [6.07, 6.45) is 1.35. The van der Waals surface area contributed by atoms with Gasteiger partial charge in [-0.3, -0.25) is 9.59 Å². The van der Waals surface area contributed by atoms with Crippen LogP contribution in [0.2, 0.25) is 5.02 Å². The van der Waals surface area contributed by atoms with Crippen LogP contribution >= 0.6 is 43.5 Å². The van der Waals surface area contributed by atoms with Crippen LogP contribution in [-0.4, -0.2) is 42.8 Å². The van der Waals surface area contributed by atoms with E-state index in [4.69, 9.17) is 30.5 Å². The van der Waals surface area contributed by atoms with Gasteiger partial charge in [0.05, 0.1) is 30.0 Å². The minimum Gasteiger partial charge on any atom is -0.494 e. The van der Waals surface area contributed by atoms with Gasteiger partial charge in [-0.05, 0) is 77.5 Å². The highest BCUT2D eigenvalue weighted by molar-refractivity contribution is 9.11. The molecule has 5 aromatic rings. The molecule has 10 nitrogen and oxygen atoms in total. The van der Waals surface area contributed by atoms with E-state index in [9.17, 15) is 14.4 Å². The molecule has 0 bridgehead atoms. The predicted molar refractivity (Wildman–Crippen MR) is 186 cm³/mol. The predicted octanol–water partition coefficient (Wildman–Crippen LogP) is 8.33. The third kappa shape index (κ3) is 7.67. The fourth-order valence-electron chi connectivity index (χ4n) is 4.73. The largest absolute Gasteiger partial charge is 0.494 e. The average Bonchev–Trinajstić information content (AvgIpc) is 3.41. The summed E-state index contributed by atoms with van der Waals surface area (Å²) in [7, 11) is 1.39. The molecule has 0 spiro atoms. The molecule has 0 aliphatic carbocycles. The van der Waals surface area contributed by atoms with Crippen LogP contribution in [-0.2, 0) is 4.79 Å². The Bertz CT molecular complexity index is 2040. The molecule has 1 aromatic heterocycles. The minimum absolute atomic E-state index is 0.141. The lowest BCUT2D eigenvalue weighted by Crippen LogP contribution is -2.19. The number of aromatic amines is 1. The molecule has 240 valence electrons.